The summed E-state index contributed by atoms with van der Waals surface area (Å²) in [6.45, 7) is 5.72. The highest BCUT2D eigenvalue weighted by Crippen LogP contribution is 2.48. The second kappa shape index (κ2) is 8.15. The van der Waals surface area contributed by atoms with Gasteiger partial charge in [0.2, 0.25) is 0 Å². The second-order valence-electron chi connectivity index (χ2n) is 9.84. The van der Waals surface area contributed by atoms with E-state index < -0.39 is 34.2 Å². The number of hydrogen-bond acceptors (Lipinski definition) is 7. The summed E-state index contributed by atoms with van der Waals surface area (Å²) >= 11 is 0. The maximum atomic E-state index is 13.3. The lowest BCUT2D eigenvalue weighted by Crippen LogP contribution is -2.40. The van der Waals surface area contributed by atoms with Gasteiger partial charge in [-0.3, -0.25) is 24.7 Å². The molecule has 170 valence electrons. The van der Waals surface area contributed by atoms with Gasteiger partial charge >= 0.3 is 5.97 Å². The summed E-state index contributed by atoms with van der Waals surface area (Å²) in [6.07, 6.45) is 4.30. The fourth-order valence-electron chi connectivity index (χ4n) is 5.22. The lowest BCUT2D eigenvalue weighted by Gasteiger charge is -2.39. The number of carbonyl (C=O) groups is 2. The van der Waals surface area contributed by atoms with Crippen LogP contribution in [0.25, 0.3) is 0 Å². The highest BCUT2D eigenvalue weighted by Gasteiger charge is 2.46. The van der Waals surface area contributed by atoms with E-state index in [9.17, 15) is 24.8 Å². The predicted molar refractivity (Wildman–Crippen MR) is 115 cm³/mol. The minimum Gasteiger partial charge on any atom is -0.868 e. The van der Waals surface area contributed by atoms with Gasteiger partial charge in [-0.05, 0) is 55.8 Å². The van der Waals surface area contributed by atoms with Gasteiger partial charge in [0.1, 0.15) is 12.0 Å². The first-order valence-electron chi connectivity index (χ1n) is 11.0. The molecule has 0 saturated heterocycles. The largest absolute Gasteiger partial charge is 0.868 e. The van der Waals surface area contributed by atoms with Crippen molar-refractivity contribution in [3.8, 4) is 5.75 Å². The van der Waals surface area contributed by atoms with E-state index in [0.717, 1.165) is 31.7 Å². The van der Waals surface area contributed by atoms with Crippen LogP contribution < -0.4 is 5.11 Å². The number of rotatable bonds is 4. The third kappa shape index (κ3) is 4.06. The summed E-state index contributed by atoms with van der Waals surface area (Å²) in [4.78, 5) is 41.9. The van der Waals surface area contributed by atoms with Crippen molar-refractivity contribution >= 4 is 23.2 Å². The zero-order chi connectivity index (χ0) is 23.2. The molecular formula is C24H27N2O6-. The Kier molecular flexibility index (Phi) is 5.65. The molecule has 2 aliphatic carbocycles. The molecule has 0 amide bonds. The van der Waals surface area contributed by atoms with Crippen LogP contribution in [0.3, 0.4) is 0 Å². The lowest BCUT2D eigenvalue weighted by molar-refractivity contribution is -0.398. The Bertz CT molecular complexity index is 1050. The van der Waals surface area contributed by atoms with Crippen molar-refractivity contribution in [2.75, 3.05) is 0 Å². The molecule has 32 heavy (non-hydrogen) atoms. The number of aliphatic imine (C=N–C) groups is 1. The van der Waals surface area contributed by atoms with Gasteiger partial charge in [-0.2, -0.15) is 0 Å². The Balaban J connectivity index is 1.83. The Labute approximate surface area is 186 Å². The van der Waals surface area contributed by atoms with Crippen LogP contribution in [-0.4, -0.2) is 28.5 Å². The fourth-order valence-corrected chi connectivity index (χ4v) is 5.22. The van der Waals surface area contributed by atoms with Crippen LogP contribution in [0, 0.1) is 21.4 Å². The maximum absolute atomic E-state index is 13.3. The summed E-state index contributed by atoms with van der Waals surface area (Å²) in [5.74, 6) is -2.93. The first-order chi connectivity index (χ1) is 15.1. The molecule has 1 saturated carbocycles. The quantitative estimate of drug-likeness (QED) is 0.397. The van der Waals surface area contributed by atoms with E-state index in [1.54, 1.807) is 6.92 Å². The van der Waals surface area contributed by atoms with E-state index in [1.165, 1.54) is 12.1 Å². The Morgan fingerprint density at radius 2 is 1.91 bits per heavy atom. The molecule has 1 aromatic rings. The number of allylic oxidation sites excluding steroid dienone is 2. The molecule has 1 fully saturated rings. The number of ketones is 1. The highest BCUT2D eigenvalue weighted by molar-refractivity contribution is 6.09. The van der Waals surface area contributed by atoms with Crippen LogP contribution in [0.1, 0.15) is 70.8 Å². The normalized spacial score (nSPS) is 25.3. The van der Waals surface area contributed by atoms with Crippen LogP contribution in [0.15, 0.2) is 34.5 Å². The van der Waals surface area contributed by atoms with Crippen molar-refractivity contribution < 1.29 is 24.4 Å². The smallest absolute Gasteiger partial charge is 0.315 e. The Morgan fingerprint density at radius 3 is 2.56 bits per heavy atom. The Morgan fingerprint density at radius 1 is 1.22 bits per heavy atom. The number of nitrogens with zero attached hydrogens (tertiary/aromatic N) is 2. The van der Waals surface area contributed by atoms with Crippen molar-refractivity contribution in [2.45, 2.75) is 71.3 Å². The third-order valence-electron chi connectivity index (χ3n) is 6.68. The van der Waals surface area contributed by atoms with Gasteiger partial charge in [0.05, 0.1) is 4.92 Å². The number of Topliss-reactive ketones (excluding diaryl/α,β-unsaturated/α-hetero) is 1. The summed E-state index contributed by atoms with van der Waals surface area (Å²) in [7, 11) is 0. The summed E-state index contributed by atoms with van der Waals surface area (Å²) in [6, 6.07) is 3.80. The monoisotopic (exact) mass is 439 g/mol. The van der Waals surface area contributed by atoms with Crippen LogP contribution in [0.2, 0.25) is 0 Å². The summed E-state index contributed by atoms with van der Waals surface area (Å²) < 4.78 is 5.78. The molecule has 0 aromatic heterocycles. The molecule has 0 bridgehead atoms. The number of nitro benzene ring substituents is 1. The molecule has 0 radical (unpaired) electrons. The molecule has 8 heteroatoms. The summed E-state index contributed by atoms with van der Waals surface area (Å²) in [5.41, 5.74) is 1.10. The number of hydrogen-bond donors (Lipinski definition) is 0. The van der Waals surface area contributed by atoms with Gasteiger partial charge in [0.25, 0.3) is 5.69 Å². The van der Waals surface area contributed by atoms with Gasteiger partial charge in [0.15, 0.2) is 5.78 Å². The molecule has 1 heterocycles. The lowest BCUT2D eigenvalue weighted by atomic mass is 9.67. The van der Waals surface area contributed by atoms with E-state index in [1.807, 2.05) is 13.8 Å². The topological polar surface area (TPSA) is 122 Å². The zero-order valence-electron chi connectivity index (χ0n) is 18.6. The summed E-state index contributed by atoms with van der Waals surface area (Å²) in [5, 5.41) is 23.4. The molecule has 1 aliphatic heterocycles. The van der Waals surface area contributed by atoms with Gasteiger partial charge in [-0.1, -0.05) is 26.0 Å². The minimum atomic E-state index is -0.864. The van der Waals surface area contributed by atoms with Gasteiger partial charge in [-0.15, -0.1) is 0 Å². The SMILES string of the molecule is CC1=NC2=C(C(=O)CC(C)(C)C2)[C@H](c2ccc([O-])c([N+](=O)[O-])c2)C1C(=O)OC1CCCC1. The first kappa shape index (κ1) is 22.2. The van der Waals surface area contributed by atoms with Gasteiger partial charge in [-0.25, -0.2) is 0 Å². The van der Waals surface area contributed by atoms with Crippen molar-refractivity contribution in [1.29, 1.82) is 0 Å². The molecule has 2 atom stereocenters. The van der Waals surface area contributed by atoms with Gasteiger partial charge in [0, 0.05) is 35.4 Å². The maximum Gasteiger partial charge on any atom is 0.315 e. The van der Waals surface area contributed by atoms with E-state index in [-0.39, 0.29) is 17.3 Å². The van der Waals surface area contributed by atoms with E-state index >= 15 is 0 Å². The molecular weight excluding hydrogens is 412 g/mol. The second-order valence-corrected chi connectivity index (χ2v) is 9.84. The van der Waals surface area contributed by atoms with Crippen LogP contribution in [0.5, 0.6) is 5.75 Å². The molecule has 1 unspecified atom stereocenters. The van der Waals surface area contributed by atoms with Crippen LogP contribution in [-0.2, 0) is 14.3 Å². The zero-order valence-corrected chi connectivity index (χ0v) is 18.6. The van der Waals surface area contributed by atoms with Crippen molar-refractivity contribution in [1.82, 2.24) is 0 Å². The number of carbonyl (C=O) groups excluding carboxylic acids is 2. The van der Waals surface area contributed by atoms with Gasteiger partial charge < -0.3 is 9.84 Å². The predicted octanol–water partition coefficient (Wildman–Crippen LogP) is 3.97. The standard InChI is InChI=1S/C24H28N2O6/c1-13-20(23(29)32-15-6-4-5-7-15)21(14-8-9-18(27)17(10-14)26(30)31)22-16(25-13)11-24(2,3)12-19(22)28/h8-10,15,20-21,27H,4-7,11-12H2,1-3H3/p-1/t20?,21-/m1/s1. The molecule has 4 rings (SSSR count). The number of esters is 1. The minimum absolute atomic E-state index is 0.120. The third-order valence-corrected chi connectivity index (χ3v) is 6.68. The van der Waals surface area contributed by atoms with Crippen molar-refractivity contribution in [3.63, 3.8) is 0 Å². The first-order valence-corrected chi connectivity index (χ1v) is 11.0. The van der Waals surface area contributed by atoms with E-state index in [0.29, 0.717) is 35.4 Å². The van der Waals surface area contributed by atoms with E-state index in [4.69, 9.17) is 4.74 Å². The molecule has 0 N–H and O–H groups in total. The number of benzene rings is 1. The average molecular weight is 439 g/mol. The highest BCUT2D eigenvalue weighted by atomic mass is 16.6. The Hall–Kier alpha value is -3.03. The van der Waals surface area contributed by atoms with Crippen molar-refractivity contribution in [3.05, 3.63) is 45.1 Å². The van der Waals surface area contributed by atoms with Crippen LogP contribution in [0.4, 0.5) is 5.69 Å². The number of nitro groups is 1. The molecule has 3 aliphatic rings. The van der Waals surface area contributed by atoms with Crippen LogP contribution >= 0.6 is 0 Å². The molecule has 0 spiro atoms. The average Bonchev–Trinajstić information content (AvgIpc) is 3.19. The molecule has 8 nitrogen and oxygen atoms in total. The molecule has 1 aromatic carbocycles. The number of ether oxygens (including phenoxy) is 1. The fraction of sp³-hybridized carbons (Fsp3) is 0.542. The van der Waals surface area contributed by atoms with E-state index in [2.05, 4.69) is 4.99 Å². The van der Waals surface area contributed by atoms with Crippen molar-refractivity contribution in [2.24, 2.45) is 16.3 Å².